The molecule has 0 bridgehead atoms. The summed E-state index contributed by atoms with van der Waals surface area (Å²) >= 11 is 0. The molecular weight excluding hydrogens is 170 g/mol. The highest BCUT2D eigenvalue weighted by Crippen LogP contribution is 2.14. The SMILES string of the molecule is CC(=O)O[Si](C)(C)CCCC#N. The van der Waals surface area contributed by atoms with E-state index in [0.29, 0.717) is 6.42 Å². The van der Waals surface area contributed by atoms with E-state index in [1.54, 1.807) is 0 Å². The molecule has 0 amide bonds. The van der Waals surface area contributed by atoms with Crippen LogP contribution in [0.15, 0.2) is 0 Å². The number of nitrogens with zero attached hydrogens (tertiary/aromatic N) is 1. The first-order valence-electron chi connectivity index (χ1n) is 4.04. The summed E-state index contributed by atoms with van der Waals surface area (Å²) in [6.45, 7) is 5.41. The fourth-order valence-electron chi connectivity index (χ4n) is 1.03. The predicted molar refractivity (Wildman–Crippen MR) is 48.9 cm³/mol. The largest absolute Gasteiger partial charge is 0.520 e. The summed E-state index contributed by atoms with van der Waals surface area (Å²) in [5.41, 5.74) is 0. The minimum absolute atomic E-state index is 0.205. The van der Waals surface area contributed by atoms with E-state index in [4.69, 9.17) is 9.69 Å². The fraction of sp³-hybridized carbons (Fsp3) is 0.750. The highest BCUT2D eigenvalue weighted by Gasteiger charge is 2.24. The fourth-order valence-corrected chi connectivity index (χ4v) is 2.94. The second-order valence-electron chi connectivity index (χ2n) is 3.37. The Morgan fingerprint density at radius 2 is 2.17 bits per heavy atom. The molecule has 0 saturated heterocycles. The van der Waals surface area contributed by atoms with Gasteiger partial charge in [0.25, 0.3) is 5.97 Å². The molecule has 0 atom stereocenters. The van der Waals surface area contributed by atoms with Gasteiger partial charge in [0, 0.05) is 13.3 Å². The van der Waals surface area contributed by atoms with Crippen LogP contribution in [-0.4, -0.2) is 14.3 Å². The highest BCUT2D eigenvalue weighted by atomic mass is 28.4. The topological polar surface area (TPSA) is 50.1 Å². The normalized spacial score (nSPS) is 10.5. The minimum atomic E-state index is -1.80. The van der Waals surface area contributed by atoms with Crippen LogP contribution in [0.4, 0.5) is 0 Å². The molecule has 3 nitrogen and oxygen atoms in total. The van der Waals surface area contributed by atoms with Crippen molar-refractivity contribution in [3.63, 3.8) is 0 Å². The lowest BCUT2D eigenvalue weighted by molar-refractivity contribution is -0.132. The molecule has 0 saturated carbocycles. The first-order chi connectivity index (χ1) is 5.48. The molecule has 0 spiro atoms. The molecule has 0 fully saturated rings. The van der Waals surface area contributed by atoms with Crippen LogP contribution in [0.5, 0.6) is 0 Å². The van der Waals surface area contributed by atoms with Crippen molar-refractivity contribution in [1.82, 2.24) is 0 Å². The van der Waals surface area contributed by atoms with Crippen molar-refractivity contribution in [2.24, 2.45) is 0 Å². The zero-order valence-electron chi connectivity index (χ0n) is 7.89. The molecule has 0 radical (unpaired) electrons. The Morgan fingerprint density at radius 3 is 2.58 bits per heavy atom. The van der Waals surface area contributed by atoms with Gasteiger partial charge in [0.1, 0.15) is 0 Å². The third kappa shape index (κ3) is 5.92. The molecule has 12 heavy (non-hydrogen) atoms. The van der Waals surface area contributed by atoms with E-state index in [0.717, 1.165) is 12.5 Å². The molecule has 0 rings (SSSR count). The minimum Gasteiger partial charge on any atom is -0.520 e. The molecule has 4 heteroatoms. The summed E-state index contributed by atoms with van der Waals surface area (Å²) < 4.78 is 5.17. The van der Waals surface area contributed by atoms with Crippen molar-refractivity contribution in [2.75, 3.05) is 0 Å². The van der Waals surface area contributed by atoms with E-state index >= 15 is 0 Å². The third-order valence-corrected chi connectivity index (χ3v) is 3.89. The Morgan fingerprint density at radius 1 is 1.58 bits per heavy atom. The summed E-state index contributed by atoms with van der Waals surface area (Å²) in [5.74, 6) is -0.205. The summed E-state index contributed by atoms with van der Waals surface area (Å²) in [6.07, 6.45) is 1.39. The van der Waals surface area contributed by atoms with Gasteiger partial charge in [-0.1, -0.05) is 0 Å². The molecule has 0 heterocycles. The maximum Gasteiger partial charge on any atom is 0.289 e. The number of rotatable bonds is 4. The molecule has 0 aromatic heterocycles. The third-order valence-electron chi connectivity index (χ3n) is 1.49. The van der Waals surface area contributed by atoms with Crippen molar-refractivity contribution in [2.45, 2.75) is 38.9 Å². The Bertz CT molecular complexity index is 196. The van der Waals surface area contributed by atoms with Gasteiger partial charge in [0.15, 0.2) is 0 Å². The smallest absolute Gasteiger partial charge is 0.289 e. The monoisotopic (exact) mass is 185 g/mol. The summed E-state index contributed by atoms with van der Waals surface area (Å²) in [5, 5.41) is 8.30. The molecule has 0 aliphatic heterocycles. The number of carbonyl (C=O) groups excluding carboxylic acids is 1. The number of hydrogen-bond donors (Lipinski definition) is 0. The van der Waals surface area contributed by atoms with E-state index in [9.17, 15) is 4.79 Å². The van der Waals surface area contributed by atoms with E-state index in [2.05, 4.69) is 6.07 Å². The van der Waals surface area contributed by atoms with Crippen molar-refractivity contribution >= 4 is 14.3 Å². The van der Waals surface area contributed by atoms with Gasteiger partial charge < -0.3 is 4.43 Å². The number of nitriles is 1. The summed E-state index contributed by atoms with van der Waals surface area (Å²) in [6, 6.07) is 2.95. The average molecular weight is 185 g/mol. The van der Waals surface area contributed by atoms with Crippen molar-refractivity contribution in [3.05, 3.63) is 0 Å². The first-order valence-corrected chi connectivity index (χ1v) is 7.16. The van der Waals surface area contributed by atoms with E-state index in [1.807, 2.05) is 13.1 Å². The lowest BCUT2D eigenvalue weighted by Gasteiger charge is -2.20. The van der Waals surface area contributed by atoms with E-state index < -0.39 is 8.32 Å². The quantitative estimate of drug-likeness (QED) is 0.497. The van der Waals surface area contributed by atoms with E-state index in [1.165, 1.54) is 6.92 Å². The van der Waals surface area contributed by atoms with Crippen molar-refractivity contribution in [1.29, 1.82) is 5.26 Å². The first kappa shape index (κ1) is 11.2. The predicted octanol–water partition coefficient (Wildman–Crippen LogP) is 2.06. The van der Waals surface area contributed by atoms with Gasteiger partial charge in [-0.3, -0.25) is 4.79 Å². The maximum absolute atomic E-state index is 10.6. The van der Waals surface area contributed by atoms with Crippen molar-refractivity contribution in [3.8, 4) is 6.07 Å². The zero-order valence-corrected chi connectivity index (χ0v) is 8.89. The van der Waals surface area contributed by atoms with Gasteiger partial charge in [-0.15, -0.1) is 0 Å². The van der Waals surface area contributed by atoms with Crippen LogP contribution in [0.3, 0.4) is 0 Å². The van der Waals surface area contributed by atoms with Crippen LogP contribution in [0, 0.1) is 11.3 Å². The van der Waals surface area contributed by atoms with Gasteiger partial charge in [-0.2, -0.15) is 5.26 Å². The molecule has 0 unspecified atom stereocenters. The lowest BCUT2D eigenvalue weighted by Crippen LogP contribution is -2.32. The second-order valence-corrected chi connectivity index (χ2v) is 7.59. The average Bonchev–Trinajstić information content (AvgIpc) is 1.84. The Labute approximate surface area is 74.5 Å². The molecular formula is C8H15NO2Si. The zero-order chi connectivity index (χ0) is 9.61. The summed E-state index contributed by atoms with van der Waals surface area (Å²) in [4.78, 5) is 10.6. The van der Waals surface area contributed by atoms with Crippen LogP contribution in [0.1, 0.15) is 19.8 Å². The van der Waals surface area contributed by atoms with Gasteiger partial charge in [-0.05, 0) is 25.6 Å². The Kier molecular flexibility index (Phi) is 4.60. The Balaban J connectivity index is 3.72. The van der Waals surface area contributed by atoms with Gasteiger partial charge in [-0.25, -0.2) is 0 Å². The highest BCUT2D eigenvalue weighted by molar-refractivity contribution is 6.72. The lowest BCUT2D eigenvalue weighted by atomic mass is 10.4. The molecule has 0 aliphatic carbocycles. The molecule has 0 aromatic carbocycles. The second kappa shape index (κ2) is 4.94. The standard InChI is InChI=1S/C8H15NO2Si/c1-8(10)11-12(2,3)7-5-4-6-9/h4-5,7H2,1-3H3. The van der Waals surface area contributed by atoms with Crippen LogP contribution < -0.4 is 0 Å². The van der Waals surface area contributed by atoms with Crippen LogP contribution in [0.25, 0.3) is 0 Å². The van der Waals surface area contributed by atoms with Gasteiger partial charge in [0.05, 0.1) is 6.07 Å². The van der Waals surface area contributed by atoms with Crippen LogP contribution in [0.2, 0.25) is 19.1 Å². The molecule has 68 valence electrons. The molecule has 0 aliphatic rings. The summed E-state index contributed by atoms with van der Waals surface area (Å²) in [7, 11) is -1.80. The van der Waals surface area contributed by atoms with Gasteiger partial charge in [0.2, 0.25) is 8.32 Å². The Hall–Kier alpha value is -0.823. The maximum atomic E-state index is 10.6. The van der Waals surface area contributed by atoms with Gasteiger partial charge >= 0.3 is 0 Å². The van der Waals surface area contributed by atoms with Crippen LogP contribution >= 0.6 is 0 Å². The van der Waals surface area contributed by atoms with Crippen LogP contribution in [-0.2, 0) is 9.22 Å². The van der Waals surface area contributed by atoms with Crippen molar-refractivity contribution < 1.29 is 9.22 Å². The number of hydrogen-bond acceptors (Lipinski definition) is 3. The van der Waals surface area contributed by atoms with E-state index in [-0.39, 0.29) is 5.97 Å². The number of unbranched alkanes of at least 4 members (excludes halogenated alkanes) is 1. The molecule has 0 aromatic rings. The molecule has 0 N–H and O–H groups in total. The number of carbonyl (C=O) groups is 1.